The number of benzene rings is 1. The van der Waals surface area contributed by atoms with Gasteiger partial charge in [0.1, 0.15) is 11.6 Å². The summed E-state index contributed by atoms with van der Waals surface area (Å²) in [6, 6.07) is 4.66. The molecule has 0 saturated carbocycles. The molecule has 0 atom stereocenters. The van der Waals surface area contributed by atoms with Gasteiger partial charge in [0.2, 0.25) is 5.91 Å². The molecule has 0 saturated heterocycles. The molecule has 0 aliphatic carbocycles. The van der Waals surface area contributed by atoms with E-state index in [9.17, 15) is 14.0 Å². The minimum Gasteiger partial charge on any atom is -0.326 e. The molecule has 0 unspecified atom stereocenters. The van der Waals surface area contributed by atoms with Crippen molar-refractivity contribution in [3.8, 4) is 0 Å². The van der Waals surface area contributed by atoms with Gasteiger partial charge in [-0.25, -0.2) is 4.39 Å². The number of halogens is 1. The standard InChI is InChI=1S/C19H28FNO2/c1-13(2)18(22)9-7-5-6-8-15-10-16(20)12-17(11-15)21-19(23)14(3)4/h10-14H,5-9H2,1-4H3,(H,21,23). The summed E-state index contributed by atoms with van der Waals surface area (Å²) in [7, 11) is 0. The molecule has 4 heteroatoms. The van der Waals surface area contributed by atoms with Gasteiger partial charge >= 0.3 is 0 Å². The fourth-order valence-electron chi connectivity index (χ4n) is 2.25. The van der Waals surface area contributed by atoms with Crippen LogP contribution in [0, 0.1) is 17.7 Å². The van der Waals surface area contributed by atoms with Crippen LogP contribution in [0.25, 0.3) is 0 Å². The van der Waals surface area contributed by atoms with Gasteiger partial charge in [0, 0.05) is 23.9 Å². The second-order valence-corrected chi connectivity index (χ2v) is 6.67. The smallest absolute Gasteiger partial charge is 0.226 e. The highest BCUT2D eigenvalue weighted by molar-refractivity contribution is 5.92. The summed E-state index contributed by atoms with van der Waals surface area (Å²) in [6.45, 7) is 7.44. The molecule has 1 aromatic carbocycles. The fourth-order valence-corrected chi connectivity index (χ4v) is 2.25. The molecular formula is C19H28FNO2. The molecule has 0 heterocycles. The van der Waals surface area contributed by atoms with Crippen LogP contribution in [0.15, 0.2) is 18.2 Å². The van der Waals surface area contributed by atoms with Crippen molar-refractivity contribution < 1.29 is 14.0 Å². The molecule has 0 spiro atoms. The van der Waals surface area contributed by atoms with Crippen molar-refractivity contribution in [1.29, 1.82) is 0 Å². The third-order valence-electron chi connectivity index (χ3n) is 3.78. The van der Waals surface area contributed by atoms with E-state index in [0.29, 0.717) is 17.9 Å². The highest BCUT2D eigenvalue weighted by Gasteiger charge is 2.09. The average molecular weight is 321 g/mol. The van der Waals surface area contributed by atoms with Gasteiger partial charge in [-0.3, -0.25) is 9.59 Å². The number of carbonyl (C=O) groups is 2. The van der Waals surface area contributed by atoms with Crippen molar-refractivity contribution in [2.45, 2.75) is 59.8 Å². The Hall–Kier alpha value is -1.71. The maximum atomic E-state index is 13.7. The van der Waals surface area contributed by atoms with E-state index in [1.807, 2.05) is 19.9 Å². The van der Waals surface area contributed by atoms with Crippen molar-refractivity contribution in [2.75, 3.05) is 5.32 Å². The third kappa shape index (κ3) is 7.40. The molecule has 0 radical (unpaired) electrons. The minimum atomic E-state index is -0.337. The highest BCUT2D eigenvalue weighted by atomic mass is 19.1. The van der Waals surface area contributed by atoms with Gasteiger partial charge < -0.3 is 5.32 Å². The summed E-state index contributed by atoms with van der Waals surface area (Å²) in [5, 5.41) is 2.73. The molecule has 0 aliphatic heterocycles. The summed E-state index contributed by atoms with van der Waals surface area (Å²) in [5.41, 5.74) is 1.38. The fraction of sp³-hybridized carbons (Fsp3) is 0.579. The lowest BCUT2D eigenvalue weighted by Crippen LogP contribution is -2.17. The van der Waals surface area contributed by atoms with Crippen molar-refractivity contribution in [2.24, 2.45) is 11.8 Å². The van der Waals surface area contributed by atoms with Crippen LogP contribution in [0.1, 0.15) is 58.9 Å². The first kappa shape index (κ1) is 19.3. The summed E-state index contributed by atoms with van der Waals surface area (Å²) >= 11 is 0. The van der Waals surface area contributed by atoms with E-state index in [1.54, 1.807) is 13.8 Å². The van der Waals surface area contributed by atoms with Crippen molar-refractivity contribution in [3.05, 3.63) is 29.6 Å². The van der Waals surface area contributed by atoms with Gasteiger partial charge in [-0.1, -0.05) is 34.1 Å². The number of hydrogen-bond donors (Lipinski definition) is 1. The number of unbranched alkanes of at least 4 members (excludes halogenated alkanes) is 2. The van der Waals surface area contributed by atoms with E-state index < -0.39 is 0 Å². The number of amides is 1. The molecule has 3 nitrogen and oxygen atoms in total. The van der Waals surface area contributed by atoms with Crippen LogP contribution in [-0.4, -0.2) is 11.7 Å². The largest absolute Gasteiger partial charge is 0.326 e. The van der Waals surface area contributed by atoms with Crippen LogP contribution in [0.3, 0.4) is 0 Å². The van der Waals surface area contributed by atoms with Gasteiger partial charge in [-0.2, -0.15) is 0 Å². The third-order valence-corrected chi connectivity index (χ3v) is 3.78. The molecule has 1 amide bonds. The molecular weight excluding hydrogens is 293 g/mol. The van der Waals surface area contributed by atoms with E-state index in [2.05, 4.69) is 5.32 Å². The maximum Gasteiger partial charge on any atom is 0.226 e. The Morgan fingerprint density at radius 1 is 1.00 bits per heavy atom. The molecule has 128 valence electrons. The predicted octanol–water partition coefficient (Wildman–Crippen LogP) is 4.75. The second-order valence-electron chi connectivity index (χ2n) is 6.67. The zero-order valence-electron chi connectivity index (χ0n) is 14.6. The number of nitrogens with one attached hydrogen (secondary N) is 1. The molecule has 0 fully saturated rings. The van der Waals surface area contributed by atoms with Crippen LogP contribution < -0.4 is 5.32 Å². The normalized spacial score (nSPS) is 11.1. The first-order valence-corrected chi connectivity index (χ1v) is 8.42. The first-order valence-electron chi connectivity index (χ1n) is 8.42. The van der Waals surface area contributed by atoms with Crippen molar-refractivity contribution in [1.82, 2.24) is 0 Å². The van der Waals surface area contributed by atoms with E-state index >= 15 is 0 Å². The summed E-state index contributed by atoms with van der Waals surface area (Å²) in [5.74, 6) is -0.190. The topological polar surface area (TPSA) is 46.2 Å². The number of hydrogen-bond acceptors (Lipinski definition) is 2. The van der Waals surface area contributed by atoms with Gasteiger partial charge in [0.25, 0.3) is 0 Å². The maximum absolute atomic E-state index is 13.7. The Balaban J connectivity index is 2.46. The monoisotopic (exact) mass is 321 g/mol. The van der Waals surface area contributed by atoms with Gasteiger partial charge in [0.05, 0.1) is 0 Å². The van der Waals surface area contributed by atoms with Gasteiger partial charge in [-0.15, -0.1) is 0 Å². The molecule has 1 aromatic rings. The number of carbonyl (C=O) groups excluding carboxylic acids is 2. The molecule has 0 aliphatic rings. The molecule has 0 aromatic heterocycles. The number of anilines is 1. The highest BCUT2D eigenvalue weighted by Crippen LogP contribution is 2.17. The Bertz CT molecular complexity index is 538. The van der Waals surface area contributed by atoms with Crippen LogP contribution >= 0.6 is 0 Å². The predicted molar refractivity (Wildman–Crippen MR) is 91.9 cm³/mol. The van der Waals surface area contributed by atoms with E-state index in [0.717, 1.165) is 31.2 Å². The summed E-state index contributed by atoms with van der Waals surface area (Å²) < 4.78 is 13.7. The van der Waals surface area contributed by atoms with Crippen LogP contribution in [0.2, 0.25) is 0 Å². The van der Waals surface area contributed by atoms with Crippen molar-refractivity contribution >= 4 is 17.4 Å². The Morgan fingerprint density at radius 2 is 1.70 bits per heavy atom. The van der Waals surface area contributed by atoms with E-state index in [-0.39, 0.29) is 23.6 Å². The lowest BCUT2D eigenvalue weighted by atomic mass is 10.0. The van der Waals surface area contributed by atoms with Crippen LogP contribution in [0.5, 0.6) is 0 Å². The second kappa shape index (κ2) is 9.43. The Morgan fingerprint density at radius 3 is 2.30 bits per heavy atom. The number of Topliss-reactive ketones (excluding diaryl/α,β-unsaturated/α-hetero) is 1. The molecule has 0 bridgehead atoms. The van der Waals surface area contributed by atoms with E-state index in [4.69, 9.17) is 0 Å². The summed E-state index contributed by atoms with van der Waals surface area (Å²) in [4.78, 5) is 23.2. The number of rotatable bonds is 9. The quantitative estimate of drug-likeness (QED) is 0.667. The molecule has 23 heavy (non-hydrogen) atoms. The van der Waals surface area contributed by atoms with Gasteiger partial charge in [0.15, 0.2) is 0 Å². The van der Waals surface area contributed by atoms with E-state index in [1.165, 1.54) is 12.1 Å². The zero-order chi connectivity index (χ0) is 17.4. The number of aryl methyl sites for hydroxylation is 1. The van der Waals surface area contributed by atoms with Crippen LogP contribution in [-0.2, 0) is 16.0 Å². The Kier molecular flexibility index (Phi) is 7.93. The SMILES string of the molecule is CC(C)C(=O)CCCCCc1cc(F)cc(NC(=O)C(C)C)c1. The molecule has 1 rings (SSSR count). The Labute approximate surface area is 138 Å². The lowest BCUT2D eigenvalue weighted by Gasteiger charge is -2.10. The van der Waals surface area contributed by atoms with Crippen LogP contribution in [0.4, 0.5) is 10.1 Å². The number of ketones is 1. The minimum absolute atomic E-state index is 0.102. The van der Waals surface area contributed by atoms with Gasteiger partial charge in [-0.05, 0) is 43.0 Å². The zero-order valence-corrected chi connectivity index (χ0v) is 14.6. The lowest BCUT2D eigenvalue weighted by molar-refractivity contribution is -0.122. The summed E-state index contributed by atoms with van der Waals surface area (Å²) in [6.07, 6.45) is 4.10. The average Bonchev–Trinajstić information content (AvgIpc) is 2.45. The van der Waals surface area contributed by atoms with Crippen molar-refractivity contribution in [3.63, 3.8) is 0 Å². The molecule has 1 N–H and O–H groups in total. The first-order chi connectivity index (χ1) is 10.8.